The third kappa shape index (κ3) is 5.35. The van der Waals surface area contributed by atoms with Gasteiger partial charge in [0.2, 0.25) is 0 Å². The maximum Gasteiger partial charge on any atom is 0.255 e. The summed E-state index contributed by atoms with van der Waals surface area (Å²) in [7, 11) is 1.56. The maximum atomic E-state index is 12.5. The molecule has 0 spiro atoms. The number of aliphatic imine (C=N–C) groups is 1. The lowest BCUT2D eigenvalue weighted by Crippen LogP contribution is -2.35. The molecule has 1 atom stereocenters. The third-order valence-electron chi connectivity index (χ3n) is 4.31. The molecule has 1 heterocycles. The highest BCUT2D eigenvalue weighted by Gasteiger charge is 2.18. The molecule has 1 aliphatic rings. The van der Waals surface area contributed by atoms with E-state index in [-0.39, 0.29) is 11.9 Å². The minimum Gasteiger partial charge on any atom is -0.496 e. The van der Waals surface area contributed by atoms with Crippen LogP contribution >= 0.6 is 15.9 Å². The van der Waals surface area contributed by atoms with E-state index in [1.807, 2.05) is 6.92 Å². The molecule has 2 rings (SSSR count). The molecule has 0 aliphatic carbocycles. The van der Waals surface area contributed by atoms with E-state index < -0.39 is 0 Å². The SMILES string of the molecule is CCN(CC)CCNC(=O)c1cc(Br)c(NC2=NC(C)CN2)cc1OC. The second-order valence-electron chi connectivity index (χ2n) is 6.15. The lowest BCUT2D eigenvalue weighted by atomic mass is 10.1. The van der Waals surface area contributed by atoms with Gasteiger partial charge in [0.15, 0.2) is 5.96 Å². The number of amides is 1. The smallest absolute Gasteiger partial charge is 0.255 e. The number of halogens is 1. The largest absolute Gasteiger partial charge is 0.496 e. The van der Waals surface area contributed by atoms with Gasteiger partial charge in [0.05, 0.1) is 24.4 Å². The minimum atomic E-state index is -0.147. The molecule has 0 aromatic heterocycles. The Morgan fingerprint density at radius 2 is 2.15 bits per heavy atom. The van der Waals surface area contributed by atoms with Gasteiger partial charge in [0.1, 0.15) is 5.75 Å². The topological polar surface area (TPSA) is 78.0 Å². The molecule has 1 unspecified atom stereocenters. The number of guanidine groups is 1. The van der Waals surface area contributed by atoms with E-state index in [0.717, 1.165) is 42.3 Å². The van der Waals surface area contributed by atoms with Crippen LogP contribution in [0.3, 0.4) is 0 Å². The fourth-order valence-electron chi connectivity index (χ4n) is 2.72. The Hall–Kier alpha value is -1.80. The Balaban J connectivity index is 2.07. The molecule has 0 radical (unpaired) electrons. The van der Waals surface area contributed by atoms with Gasteiger partial charge in [-0.3, -0.25) is 4.79 Å². The van der Waals surface area contributed by atoms with Crippen molar-refractivity contribution >= 4 is 33.5 Å². The number of benzene rings is 1. The minimum absolute atomic E-state index is 0.147. The maximum absolute atomic E-state index is 12.5. The first kappa shape index (κ1) is 20.5. The van der Waals surface area contributed by atoms with Gasteiger partial charge >= 0.3 is 0 Å². The summed E-state index contributed by atoms with van der Waals surface area (Å²) in [6.45, 7) is 10.4. The summed E-state index contributed by atoms with van der Waals surface area (Å²) in [4.78, 5) is 19.3. The fourth-order valence-corrected chi connectivity index (χ4v) is 3.16. The number of rotatable bonds is 8. The first-order valence-electron chi connectivity index (χ1n) is 8.95. The number of hydrogen-bond donors (Lipinski definition) is 3. The summed E-state index contributed by atoms with van der Waals surface area (Å²) in [6.07, 6.45) is 0. The fraction of sp³-hybridized carbons (Fsp3) is 0.556. The average Bonchev–Trinajstić information content (AvgIpc) is 3.04. The van der Waals surface area contributed by atoms with Gasteiger partial charge in [-0.25, -0.2) is 4.99 Å². The molecule has 1 aromatic carbocycles. The molecule has 26 heavy (non-hydrogen) atoms. The van der Waals surface area contributed by atoms with Crippen molar-refractivity contribution in [2.75, 3.05) is 45.2 Å². The summed E-state index contributed by atoms with van der Waals surface area (Å²) >= 11 is 3.53. The molecular weight excluding hydrogens is 398 g/mol. The van der Waals surface area contributed by atoms with Crippen molar-refractivity contribution in [2.24, 2.45) is 4.99 Å². The van der Waals surface area contributed by atoms with Crippen LogP contribution in [0.4, 0.5) is 5.69 Å². The quantitative estimate of drug-likeness (QED) is 0.595. The van der Waals surface area contributed by atoms with Crippen molar-refractivity contribution in [3.63, 3.8) is 0 Å². The molecular formula is C18H28BrN5O2. The molecule has 0 fully saturated rings. The zero-order valence-electron chi connectivity index (χ0n) is 15.9. The van der Waals surface area contributed by atoms with Gasteiger partial charge in [0, 0.05) is 30.2 Å². The van der Waals surface area contributed by atoms with Gasteiger partial charge in [-0.1, -0.05) is 13.8 Å². The van der Waals surface area contributed by atoms with E-state index in [9.17, 15) is 4.79 Å². The normalized spacial score (nSPS) is 16.2. The molecule has 7 nitrogen and oxygen atoms in total. The number of carbonyl (C=O) groups excluding carboxylic acids is 1. The number of nitrogens with one attached hydrogen (secondary N) is 3. The molecule has 1 aliphatic heterocycles. The van der Waals surface area contributed by atoms with Crippen LogP contribution in [-0.4, -0.2) is 62.6 Å². The number of likely N-dealkylation sites (N-methyl/N-ethyl adjacent to an activating group) is 1. The molecule has 144 valence electrons. The lowest BCUT2D eigenvalue weighted by molar-refractivity contribution is 0.0946. The number of hydrogen-bond acceptors (Lipinski definition) is 6. The number of carbonyl (C=O) groups is 1. The van der Waals surface area contributed by atoms with Crippen molar-refractivity contribution < 1.29 is 9.53 Å². The van der Waals surface area contributed by atoms with E-state index in [1.54, 1.807) is 19.2 Å². The third-order valence-corrected chi connectivity index (χ3v) is 4.97. The van der Waals surface area contributed by atoms with Crippen LogP contribution in [0.15, 0.2) is 21.6 Å². The van der Waals surface area contributed by atoms with Gasteiger partial charge in [-0.15, -0.1) is 0 Å². The number of methoxy groups -OCH3 is 1. The van der Waals surface area contributed by atoms with Crippen LogP contribution in [0.25, 0.3) is 0 Å². The van der Waals surface area contributed by atoms with E-state index in [0.29, 0.717) is 17.9 Å². The van der Waals surface area contributed by atoms with Gasteiger partial charge < -0.3 is 25.6 Å². The Bertz CT molecular complexity index is 661. The Morgan fingerprint density at radius 1 is 1.42 bits per heavy atom. The van der Waals surface area contributed by atoms with Crippen LogP contribution < -0.4 is 20.7 Å². The predicted molar refractivity (Wildman–Crippen MR) is 109 cm³/mol. The highest BCUT2D eigenvalue weighted by molar-refractivity contribution is 9.10. The zero-order valence-corrected chi connectivity index (χ0v) is 17.4. The molecule has 3 N–H and O–H groups in total. The summed E-state index contributed by atoms with van der Waals surface area (Å²) in [5, 5.41) is 9.39. The van der Waals surface area contributed by atoms with Gasteiger partial charge in [0.25, 0.3) is 5.91 Å². The van der Waals surface area contributed by atoms with E-state index >= 15 is 0 Å². The van der Waals surface area contributed by atoms with Crippen molar-refractivity contribution in [2.45, 2.75) is 26.8 Å². The lowest BCUT2D eigenvalue weighted by Gasteiger charge is -2.18. The Morgan fingerprint density at radius 3 is 2.73 bits per heavy atom. The van der Waals surface area contributed by atoms with Gasteiger partial charge in [-0.2, -0.15) is 0 Å². The number of anilines is 1. The Labute approximate surface area is 163 Å². The number of ether oxygens (including phenoxy) is 1. The first-order valence-corrected chi connectivity index (χ1v) is 9.74. The monoisotopic (exact) mass is 425 g/mol. The van der Waals surface area contributed by atoms with Crippen LogP contribution in [0.2, 0.25) is 0 Å². The highest BCUT2D eigenvalue weighted by Crippen LogP contribution is 2.31. The van der Waals surface area contributed by atoms with Crippen molar-refractivity contribution in [1.82, 2.24) is 15.5 Å². The van der Waals surface area contributed by atoms with E-state index in [1.165, 1.54) is 0 Å². The summed E-state index contributed by atoms with van der Waals surface area (Å²) < 4.78 is 6.20. The van der Waals surface area contributed by atoms with Crippen LogP contribution in [0, 0.1) is 0 Å². The molecule has 0 bridgehead atoms. The van der Waals surface area contributed by atoms with Crippen molar-refractivity contribution in [1.29, 1.82) is 0 Å². The highest BCUT2D eigenvalue weighted by atomic mass is 79.9. The second-order valence-corrected chi connectivity index (χ2v) is 7.00. The standard InChI is InChI=1S/C18H28BrN5O2/c1-5-24(6-2)8-7-20-17(25)13-9-14(19)15(10-16(13)26-4)23-18-21-11-12(3)22-18/h9-10,12H,5-8,11H2,1-4H3,(H,20,25)(H2,21,22,23). The van der Waals surface area contributed by atoms with Crippen LogP contribution in [-0.2, 0) is 0 Å². The summed E-state index contributed by atoms with van der Waals surface area (Å²) in [6, 6.07) is 3.82. The van der Waals surface area contributed by atoms with Crippen molar-refractivity contribution in [3.05, 3.63) is 22.2 Å². The number of nitrogens with zero attached hydrogens (tertiary/aromatic N) is 2. The molecule has 0 saturated heterocycles. The van der Waals surface area contributed by atoms with Gasteiger partial charge in [-0.05, 0) is 42.0 Å². The summed E-state index contributed by atoms with van der Waals surface area (Å²) in [5.74, 6) is 1.09. The Kier molecular flexibility index (Phi) is 7.71. The molecule has 0 saturated carbocycles. The van der Waals surface area contributed by atoms with Crippen LogP contribution in [0.5, 0.6) is 5.75 Å². The van der Waals surface area contributed by atoms with Crippen LogP contribution in [0.1, 0.15) is 31.1 Å². The first-order chi connectivity index (χ1) is 12.5. The zero-order chi connectivity index (χ0) is 19.1. The molecule has 1 amide bonds. The van der Waals surface area contributed by atoms with Crippen molar-refractivity contribution in [3.8, 4) is 5.75 Å². The summed E-state index contributed by atoms with van der Waals surface area (Å²) in [5.41, 5.74) is 1.29. The molecule has 8 heteroatoms. The second kappa shape index (κ2) is 9.78. The predicted octanol–water partition coefficient (Wildman–Crippen LogP) is 2.29. The molecule has 1 aromatic rings. The van der Waals surface area contributed by atoms with E-state index in [4.69, 9.17) is 4.74 Å². The van der Waals surface area contributed by atoms with E-state index in [2.05, 4.69) is 55.6 Å². The average molecular weight is 426 g/mol.